The van der Waals surface area contributed by atoms with Crippen molar-refractivity contribution in [2.45, 2.75) is 25.9 Å². The largest absolute Gasteiger partial charge is 0.303 e. The van der Waals surface area contributed by atoms with E-state index in [9.17, 15) is 0 Å². The van der Waals surface area contributed by atoms with Crippen LogP contribution in [0.25, 0.3) is 0 Å². The van der Waals surface area contributed by atoms with Crippen molar-refractivity contribution in [2.75, 3.05) is 0 Å². The molecule has 90 valence electrons. The van der Waals surface area contributed by atoms with Gasteiger partial charge in [-0.1, -0.05) is 28.1 Å². The van der Waals surface area contributed by atoms with Crippen LogP contribution in [0.5, 0.6) is 0 Å². The lowest BCUT2D eigenvalue weighted by molar-refractivity contribution is 0.403. The average molecular weight is 311 g/mol. The SMILES string of the molecule is CC(C)(NCc1cncs1)c1ccc(Br)cc1. The highest BCUT2D eigenvalue weighted by molar-refractivity contribution is 9.10. The smallest absolute Gasteiger partial charge is 0.0794 e. The van der Waals surface area contributed by atoms with E-state index in [-0.39, 0.29) is 5.54 Å². The maximum absolute atomic E-state index is 4.08. The highest BCUT2D eigenvalue weighted by atomic mass is 79.9. The highest BCUT2D eigenvalue weighted by Crippen LogP contribution is 2.22. The van der Waals surface area contributed by atoms with Gasteiger partial charge in [0.1, 0.15) is 0 Å². The molecule has 0 unspecified atom stereocenters. The van der Waals surface area contributed by atoms with Crippen molar-refractivity contribution in [3.8, 4) is 0 Å². The van der Waals surface area contributed by atoms with Gasteiger partial charge >= 0.3 is 0 Å². The minimum atomic E-state index is -0.0370. The molecule has 0 aliphatic carbocycles. The van der Waals surface area contributed by atoms with E-state index in [0.717, 1.165) is 11.0 Å². The molecule has 0 aliphatic rings. The van der Waals surface area contributed by atoms with Crippen LogP contribution in [0.4, 0.5) is 0 Å². The Labute approximate surface area is 114 Å². The van der Waals surface area contributed by atoms with Gasteiger partial charge in [0.2, 0.25) is 0 Å². The second-order valence-corrected chi connectivity index (χ2v) is 6.34. The van der Waals surface area contributed by atoms with Crippen LogP contribution in [0, 0.1) is 0 Å². The second-order valence-electron chi connectivity index (χ2n) is 4.45. The molecule has 4 heteroatoms. The topological polar surface area (TPSA) is 24.9 Å². The summed E-state index contributed by atoms with van der Waals surface area (Å²) in [6.45, 7) is 5.24. The van der Waals surface area contributed by atoms with Crippen LogP contribution in [0.1, 0.15) is 24.3 Å². The fourth-order valence-corrected chi connectivity index (χ4v) is 2.40. The summed E-state index contributed by atoms with van der Waals surface area (Å²) in [6.07, 6.45) is 1.91. The molecule has 1 heterocycles. The Balaban J connectivity index is 2.05. The molecule has 0 radical (unpaired) electrons. The van der Waals surface area contributed by atoms with E-state index < -0.39 is 0 Å². The van der Waals surface area contributed by atoms with Gasteiger partial charge in [-0.25, -0.2) is 0 Å². The molecule has 0 amide bonds. The van der Waals surface area contributed by atoms with Crippen LogP contribution >= 0.6 is 27.3 Å². The standard InChI is InChI=1S/C13H15BrN2S/c1-13(2,10-3-5-11(14)6-4-10)16-8-12-7-15-9-17-12/h3-7,9,16H,8H2,1-2H3. The third-order valence-corrected chi connectivity index (χ3v) is 4.06. The Hall–Kier alpha value is -0.710. The lowest BCUT2D eigenvalue weighted by Gasteiger charge is -2.26. The number of thiazole rings is 1. The molecule has 0 atom stereocenters. The van der Waals surface area contributed by atoms with Gasteiger partial charge in [0, 0.05) is 27.6 Å². The molecule has 1 aromatic carbocycles. The number of halogens is 1. The van der Waals surface area contributed by atoms with Crippen molar-refractivity contribution in [2.24, 2.45) is 0 Å². The normalized spacial score (nSPS) is 11.7. The van der Waals surface area contributed by atoms with Crippen molar-refractivity contribution >= 4 is 27.3 Å². The molecule has 0 spiro atoms. The summed E-state index contributed by atoms with van der Waals surface area (Å²) in [4.78, 5) is 5.34. The number of rotatable bonds is 4. The molecule has 0 fully saturated rings. The number of hydrogen-bond acceptors (Lipinski definition) is 3. The van der Waals surface area contributed by atoms with Crippen LogP contribution in [0.3, 0.4) is 0 Å². The zero-order chi connectivity index (χ0) is 12.3. The summed E-state index contributed by atoms with van der Waals surface area (Å²) >= 11 is 5.14. The molecule has 0 aliphatic heterocycles. The van der Waals surface area contributed by atoms with Gasteiger partial charge in [-0.2, -0.15) is 0 Å². The first-order valence-electron chi connectivity index (χ1n) is 5.46. The summed E-state index contributed by atoms with van der Waals surface area (Å²) in [6, 6.07) is 8.43. The van der Waals surface area contributed by atoms with Crippen molar-refractivity contribution in [3.05, 3.63) is 50.9 Å². The zero-order valence-corrected chi connectivity index (χ0v) is 12.3. The molecule has 17 heavy (non-hydrogen) atoms. The molecular formula is C13H15BrN2S. The first-order valence-corrected chi connectivity index (χ1v) is 7.14. The number of aromatic nitrogens is 1. The lowest BCUT2D eigenvalue weighted by atomic mass is 9.94. The van der Waals surface area contributed by atoms with Gasteiger partial charge in [0.15, 0.2) is 0 Å². The van der Waals surface area contributed by atoms with E-state index in [4.69, 9.17) is 0 Å². The molecule has 1 N–H and O–H groups in total. The van der Waals surface area contributed by atoms with Crippen LogP contribution in [-0.4, -0.2) is 4.98 Å². The third-order valence-electron chi connectivity index (χ3n) is 2.75. The van der Waals surface area contributed by atoms with E-state index in [0.29, 0.717) is 0 Å². The van der Waals surface area contributed by atoms with Gasteiger partial charge in [0.05, 0.1) is 5.51 Å². The van der Waals surface area contributed by atoms with E-state index in [2.05, 4.69) is 64.3 Å². The summed E-state index contributed by atoms with van der Waals surface area (Å²) in [5.74, 6) is 0. The third kappa shape index (κ3) is 3.37. The van der Waals surface area contributed by atoms with Crippen molar-refractivity contribution in [1.29, 1.82) is 0 Å². The first-order chi connectivity index (χ1) is 8.08. The second kappa shape index (κ2) is 5.29. The number of hydrogen-bond donors (Lipinski definition) is 1. The van der Waals surface area contributed by atoms with Gasteiger partial charge in [-0.3, -0.25) is 4.98 Å². The van der Waals surface area contributed by atoms with E-state index in [1.807, 2.05) is 11.7 Å². The molecule has 0 saturated heterocycles. The van der Waals surface area contributed by atoms with Crippen LogP contribution in [0.15, 0.2) is 40.4 Å². The number of benzene rings is 1. The molecule has 2 nitrogen and oxygen atoms in total. The Bertz CT molecular complexity index is 463. The summed E-state index contributed by atoms with van der Waals surface area (Å²) in [5, 5.41) is 3.55. The zero-order valence-electron chi connectivity index (χ0n) is 9.90. The minimum Gasteiger partial charge on any atom is -0.303 e. The van der Waals surface area contributed by atoms with Crippen LogP contribution in [-0.2, 0) is 12.1 Å². The van der Waals surface area contributed by atoms with E-state index >= 15 is 0 Å². The van der Waals surface area contributed by atoms with Crippen LogP contribution < -0.4 is 5.32 Å². The molecule has 1 aromatic heterocycles. The summed E-state index contributed by atoms with van der Waals surface area (Å²) in [5.41, 5.74) is 3.11. The molecule has 0 bridgehead atoms. The fourth-order valence-electron chi connectivity index (χ4n) is 1.61. The highest BCUT2D eigenvalue weighted by Gasteiger charge is 2.19. The fraction of sp³-hybridized carbons (Fsp3) is 0.308. The lowest BCUT2D eigenvalue weighted by Crippen LogP contribution is -2.35. The summed E-state index contributed by atoms with van der Waals surface area (Å²) < 4.78 is 1.11. The Kier molecular flexibility index (Phi) is 3.97. The van der Waals surface area contributed by atoms with Gasteiger partial charge in [-0.15, -0.1) is 11.3 Å². The monoisotopic (exact) mass is 310 g/mol. The van der Waals surface area contributed by atoms with Gasteiger partial charge in [0.25, 0.3) is 0 Å². The first kappa shape index (κ1) is 12.7. The van der Waals surface area contributed by atoms with Gasteiger partial charge in [-0.05, 0) is 31.5 Å². The predicted molar refractivity (Wildman–Crippen MR) is 76.1 cm³/mol. The quantitative estimate of drug-likeness (QED) is 0.925. The van der Waals surface area contributed by atoms with E-state index in [1.165, 1.54) is 10.4 Å². The maximum Gasteiger partial charge on any atom is 0.0794 e. The Morgan fingerprint density at radius 2 is 2.00 bits per heavy atom. The Morgan fingerprint density at radius 3 is 2.59 bits per heavy atom. The van der Waals surface area contributed by atoms with Crippen LogP contribution in [0.2, 0.25) is 0 Å². The minimum absolute atomic E-state index is 0.0370. The van der Waals surface area contributed by atoms with Crippen molar-refractivity contribution < 1.29 is 0 Å². The maximum atomic E-state index is 4.08. The molecule has 2 rings (SSSR count). The average Bonchev–Trinajstić information content (AvgIpc) is 2.80. The number of nitrogens with zero attached hydrogens (tertiary/aromatic N) is 1. The summed E-state index contributed by atoms with van der Waals surface area (Å²) in [7, 11) is 0. The number of nitrogens with one attached hydrogen (secondary N) is 1. The molecular weight excluding hydrogens is 296 g/mol. The predicted octanol–water partition coefficient (Wildman–Crippen LogP) is 3.93. The van der Waals surface area contributed by atoms with E-state index in [1.54, 1.807) is 11.3 Å². The molecule has 2 aromatic rings. The van der Waals surface area contributed by atoms with Crippen molar-refractivity contribution in [1.82, 2.24) is 10.3 Å². The van der Waals surface area contributed by atoms with Crippen molar-refractivity contribution in [3.63, 3.8) is 0 Å². The molecule has 0 saturated carbocycles. The van der Waals surface area contributed by atoms with Gasteiger partial charge < -0.3 is 5.32 Å². The Morgan fingerprint density at radius 1 is 1.29 bits per heavy atom.